The molecule has 0 unspecified atom stereocenters. The van der Waals surface area contributed by atoms with Gasteiger partial charge in [0.05, 0.1) is 7.11 Å². The van der Waals surface area contributed by atoms with E-state index in [1.165, 1.54) is 0 Å². The summed E-state index contributed by atoms with van der Waals surface area (Å²) in [5.74, 6) is 1.18. The highest BCUT2D eigenvalue weighted by atomic mass is 19.1. The minimum atomic E-state index is -0.0781. The van der Waals surface area contributed by atoms with Gasteiger partial charge in [0.2, 0.25) is 0 Å². The Morgan fingerprint density at radius 3 is 2.57 bits per heavy atom. The minimum Gasteiger partial charge on any atom is -0.496 e. The van der Waals surface area contributed by atoms with Crippen molar-refractivity contribution >= 4 is 0 Å². The van der Waals surface area contributed by atoms with Crippen LogP contribution in [0.3, 0.4) is 0 Å². The molecule has 0 aromatic heterocycles. The van der Waals surface area contributed by atoms with Crippen molar-refractivity contribution in [3.8, 4) is 5.75 Å². The second-order valence-corrected chi connectivity index (χ2v) is 5.58. The molecule has 0 spiro atoms. The maximum Gasteiger partial charge on any atom is 0.126 e. The molecule has 21 heavy (non-hydrogen) atoms. The van der Waals surface area contributed by atoms with Gasteiger partial charge in [0.15, 0.2) is 0 Å². The van der Waals surface area contributed by atoms with E-state index in [1.807, 2.05) is 30.3 Å². The number of methoxy groups -OCH3 is 1. The van der Waals surface area contributed by atoms with Crippen molar-refractivity contribution in [1.82, 2.24) is 5.32 Å². The lowest BCUT2D eigenvalue weighted by Gasteiger charge is -2.36. The number of benzene rings is 2. The lowest BCUT2D eigenvalue weighted by molar-refractivity contribution is 0.282. The van der Waals surface area contributed by atoms with Gasteiger partial charge in [0.25, 0.3) is 0 Å². The van der Waals surface area contributed by atoms with E-state index in [1.54, 1.807) is 19.2 Å². The summed E-state index contributed by atoms with van der Waals surface area (Å²) in [6.45, 7) is 0.790. The Morgan fingerprint density at radius 2 is 1.81 bits per heavy atom. The predicted molar refractivity (Wildman–Crippen MR) is 82.0 cm³/mol. The van der Waals surface area contributed by atoms with E-state index < -0.39 is 0 Å². The Labute approximate surface area is 125 Å². The van der Waals surface area contributed by atoms with Gasteiger partial charge in [-0.1, -0.05) is 36.4 Å². The predicted octanol–water partition coefficient (Wildman–Crippen LogP) is 3.87. The van der Waals surface area contributed by atoms with Crippen LogP contribution in [0.2, 0.25) is 0 Å². The molecule has 2 aromatic carbocycles. The van der Waals surface area contributed by atoms with Crippen LogP contribution < -0.4 is 10.1 Å². The van der Waals surface area contributed by atoms with Gasteiger partial charge in [-0.15, -0.1) is 0 Å². The van der Waals surface area contributed by atoms with Crippen LogP contribution in [0.25, 0.3) is 0 Å². The first-order chi connectivity index (χ1) is 10.3. The Kier molecular flexibility index (Phi) is 4.20. The molecule has 1 aliphatic carbocycles. The zero-order chi connectivity index (χ0) is 14.7. The van der Waals surface area contributed by atoms with Crippen molar-refractivity contribution in [2.45, 2.75) is 31.3 Å². The summed E-state index contributed by atoms with van der Waals surface area (Å²) in [7, 11) is 1.69. The average molecular weight is 285 g/mol. The molecular formula is C18H20FNO. The van der Waals surface area contributed by atoms with Gasteiger partial charge in [-0.25, -0.2) is 4.39 Å². The number of hydrogen-bond acceptors (Lipinski definition) is 2. The molecule has 0 radical (unpaired) electrons. The van der Waals surface area contributed by atoms with E-state index in [0.717, 1.165) is 36.3 Å². The zero-order valence-electron chi connectivity index (χ0n) is 12.2. The molecule has 1 fully saturated rings. The highest BCUT2D eigenvalue weighted by molar-refractivity contribution is 5.33. The van der Waals surface area contributed by atoms with Crippen LogP contribution in [0, 0.1) is 5.82 Å². The van der Waals surface area contributed by atoms with Crippen LogP contribution in [0.5, 0.6) is 5.75 Å². The van der Waals surface area contributed by atoms with Crippen molar-refractivity contribution in [1.29, 1.82) is 0 Å². The topological polar surface area (TPSA) is 21.3 Å². The summed E-state index contributed by atoms with van der Waals surface area (Å²) in [5, 5.41) is 3.53. The first kappa shape index (κ1) is 14.1. The fraction of sp³-hybridized carbons (Fsp3) is 0.333. The zero-order valence-corrected chi connectivity index (χ0v) is 12.2. The molecule has 1 aliphatic rings. The smallest absolute Gasteiger partial charge is 0.126 e. The summed E-state index contributed by atoms with van der Waals surface area (Å²) in [4.78, 5) is 0. The molecule has 0 aliphatic heterocycles. The Balaban J connectivity index is 1.53. The molecular weight excluding hydrogens is 265 g/mol. The average Bonchev–Trinajstić information content (AvgIpc) is 2.47. The summed E-state index contributed by atoms with van der Waals surface area (Å²) in [6, 6.07) is 15.6. The summed E-state index contributed by atoms with van der Waals surface area (Å²) in [6.07, 6.45) is 1.99. The number of ether oxygens (including phenoxy) is 1. The van der Waals surface area contributed by atoms with Gasteiger partial charge in [-0.05, 0) is 36.5 Å². The van der Waals surface area contributed by atoms with Gasteiger partial charge in [0.1, 0.15) is 11.6 Å². The fourth-order valence-corrected chi connectivity index (χ4v) is 2.95. The minimum absolute atomic E-state index is 0.0781. The van der Waals surface area contributed by atoms with Crippen LogP contribution >= 0.6 is 0 Å². The molecule has 0 atom stereocenters. The summed E-state index contributed by atoms with van der Waals surface area (Å²) >= 11 is 0. The maximum atomic E-state index is 13.7. The number of hydrogen-bond donors (Lipinski definition) is 1. The maximum absolute atomic E-state index is 13.7. The Hall–Kier alpha value is -1.87. The largest absolute Gasteiger partial charge is 0.496 e. The molecule has 0 amide bonds. The van der Waals surface area contributed by atoms with E-state index in [0.29, 0.717) is 12.0 Å². The lowest BCUT2D eigenvalue weighted by atomic mass is 9.75. The van der Waals surface area contributed by atoms with Gasteiger partial charge >= 0.3 is 0 Å². The molecule has 2 aromatic rings. The Morgan fingerprint density at radius 1 is 1.10 bits per heavy atom. The molecule has 3 rings (SSSR count). The second-order valence-electron chi connectivity index (χ2n) is 5.58. The highest BCUT2D eigenvalue weighted by Crippen LogP contribution is 2.38. The van der Waals surface area contributed by atoms with Gasteiger partial charge in [-0.2, -0.15) is 0 Å². The fourth-order valence-electron chi connectivity index (χ4n) is 2.95. The van der Waals surface area contributed by atoms with E-state index in [-0.39, 0.29) is 5.82 Å². The Bertz CT molecular complexity index is 608. The van der Waals surface area contributed by atoms with E-state index in [2.05, 4.69) is 11.4 Å². The van der Waals surface area contributed by atoms with Gasteiger partial charge < -0.3 is 10.1 Å². The molecule has 3 heteroatoms. The standard InChI is InChI=1S/C18H20FNO/c1-21-18-9-5-2-6-13(18)12-20-15-10-14(11-15)16-7-3-4-8-17(16)19/h2-9,14-15,20H,10-12H2,1H3. The third kappa shape index (κ3) is 3.08. The third-order valence-electron chi connectivity index (χ3n) is 4.26. The molecule has 1 saturated carbocycles. The third-order valence-corrected chi connectivity index (χ3v) is 4.26. The number of nitrogens with one attached hydrogen (secondary N) is 1. The lowest BCUT2D eigenvalue weighted by Crippen LogP contribution is -2.39. The molecule has 0 bridgehead atoms. The van der Waals surface area contributed by atoms with Crippen LogP contribution in [-0.4, -0.2) is 13.2 Å². The van der Waals surface area contributed by atoms with Crippen LogP contribution in [0.15, 0.2) is 48.5 Å². The van der Waals surface area contributed by atoms with Crippen LogP contribution in [-0.2, 0) is 6.54 Å². The second kappa shape index (κ2) is 6.27. The normalized spacial score (nSPS) is 20.9. The van der Waals surface area contributed by atoms with Gasteiger partial charge in [-0.3, -0.25) is 0 Å². The van der Waals surface area contributed by atoms with E-state index in [4.69, 9.17) is 4.74 Å². The van der Waals surface area contributed by atoms with Crippen molar-refractivity contribution in [2.24, 2.45) is 0 Å². The van der Waals surface area contributed by atoms with E-state index >= 15 is 0 Å². The molecule has 0 heterocycles. The molecule has 110 valence electrons. The molecule has 1 N–H and O–H groups in total. The molecule has 2 nitrogen and oxygen atoms in total. The van der Waals surface area contributed by atoms with Gasteiger partial charge in [0, 0.05) is 18.2 Å². The van der Waals surface area contributed by atoms with Crippen molar-refractivity contribution in [2.75, 3.05) is 7.11 Å². The quantitative estimate of drug-likeness (QED) is 0.900. The number of halogens is 1. The van der Waals surface area contributed by atoms with Crippen molar-refractivity contribution < 1.29 is 9.13 Å². The van der Waals surface area contributed by atoms with Crippen molar-refractivity contribution in [3.05, 3.63) is 65.5 Å². The van der Waals surface area contributed by atoms with Crippen LogP contribution in [0.1, 0.15) is 29.9 Å². The van der Waals surface area contributed by atoms with E-state index in [9.17, 15) is 4.39 Å². The molecule has 0 saturated heterocycles. The van der Waals surface area contributed by atoms with Crippen molar-refractivity contribution in [3.63, 3.8) is 0 Å². The highest BCUT2D eigenvalue weighted by Gasteiger charge is 2.31. The monoisotopic (exact) mass is 285 g/mol. The SMILES string of the molecule is COc1ccccc1CNC1CC(c2ccccc2F)C1. The summed E-state index contributed by atoms with van der Waals surface area (Å²) < 4.78 is 19.0. The van der Waals surface area contributed by atoms with Crippen LogP contribution in [0.4, 0.5) is 4.39 Å². The first-order valence-corrected chi connectivity index (χ1v) is 7.37. The number of rotatable bonds is 5. The first-order valence-electron chi connectivity index (χ1n) is 7.37. The summed E-state index contributed by atoms with van der Waals surface area (Å²) in [5.41, 5.74) is 2.02. The number of para-hydroxylation sites is 1.